The van der Waals surface area contributed by atoms with Crippen molar-refractivity contribution < 1.29 is 4.39 Å². The van der Waals surface area contributed by atoms with Crippen LogP contribution >= 0.6 is 15.9 Å². The normalized spacial score (nSPS) is 11.8. The zero-order chi connectivity index (χ0) is 10.1. The molecular formula is C10H13BrFN. The Morgan fingerprint density at radius 2 is 2.00 bits per heavy atom. The van der Waals surface area contributed by atoms with Crippen LogP contribution in [0.5, 0.6) is 0 Å². The fourth-order valence-electron chi connectivity index (χ4n) is 1.24. The fourth-order valence-corrected chi connectivity index (χ4v) is 1.75. The first-order valence-electron chi connectivity index (χ1n) is 4.11. The van der Waals surface area contributed by atoms with Gasteiger partial charge in [-0.2, -0.15) is 0 Å². The molecule has 0 saturated carbocycles. The van der Waals surface area contributed by atoms with Gasteiger partial charge < -0.3 is 5.73 Å². The molecule has 0 radical (unpaired) electrons. The van der Waals surface area contributed by atoms with E-state index >= 15 is 0 Å². The summed E-state index contributed by atoms with van der Waals surface area (Å²) in [5.74, 6) is -0.228. The van der Waals surface area contributed by atoms with E-state index in [1.54, 1.807) is 0 Å². The third-order valence-electron chi connectivity index (χ3n) is 1.58. The Balaban J connectivity index is 2.90. The van der Waals surface area contributed by atoms with Crippen LogP contribution in [-0.2, 0) is 6.42 Å². The molecule has 0 atom stereocenters. The average Bonchev–Trinajstić information content (AvgIpc) is 1.78. The standard InChI is InChI=1S/C10H13BrFN/c1-10(2,13)6-7-3-8(11)5-9(12)4-7/h3-5H,6,13H2,1-2H3. The quantitative estimate of drug-likeness (QED) is 0.853. The minimum absolute atomic E-state index is 0.228. The van der Waals surface area contributed by atoms with E-state index in [2.05, 4.69) is 15.9 Å². The maximum atomic E-state index is 12.9. The van der Waals surface area contributed by atoms with Crippen molar-refractivity contribution in [2.45, 2.75) is 25.8 Å². The summed E-state index contributed by atoms with van der Waals surface area (Å²) in [4.78, 5) is 0. The lowest BCUT2D eigenvalue weighted by Gasteiger charge is -2.18. The molecule has 0 heterocycles. The first-order valence-corrected chi connectivity index (χ1v) is 4.90. The summed E-state index contributed by atoms with van der Waals surface area (Å²) >= 11 is 3.24. The third kappa shape index (κ3) is 3.87. The predicted molar refractivity (Wildman–Crippen MR) is 56.1 cm³/mol. The Morgan fingerprint density at radius 3 is 2.46 bits per heavy atom. The third-order valence-corrected chi connectivity index (χ3v) is 2.04. The minimum Gasteiger partial charge on any atom is -0.325 e. The molecule has 1 aromatic carbocycles. The Bertz CT molecular complexity index is 284. The molecule has 1 nitrogen and oxygen atoms in total. The number of benzene rings is 1. The SMILES string of the molecule is CC(C)(N)Cc1cc(F)cc(Br)c1. The first-order chi connectivity index (χ1) is 5.87. The number of nitrogens with two attached hydrogens (primary N) is 1. The molecule has 0 saturated heterocycles. The van der Waals surface area contributed by atoms with Crippen molar-refractivity contribution >= 4 is 15.9 Å². The highest BCUT2D eigenvalue weighted by Gasteiger charge is 2.12. The van der Waals surface area contributed by atoms with Gasteiger partial charge in [-0.25, -0.2) is 4.39 Å². The second-order valence-corrected chi connectivity index (χ2v) is 4.86. The summed E-state index contributed by atoms with van der Waals surface area (Å²) in [7, 11) is 0. The minimum atomic E-state index is -0.298. The number of rotatable bonds is 2. The summed E-state index contributed by atoms with van der Waals surface area (Å²) in [6.07, 6.45) is 0.670. The van der Waals surface area contributed by atoms with E-state index in [1.165, 1.54) is 12.1 Å². The van der Waals surface area contributed by atoms with E-state index in [4.69, 9.17) is 5.73 Å². The lowest BCUT2D eigenvalue weighted by molar-refractivity contribution is 0.514. The van der Waals surface area contributed by atoms with Crippen molar-refractivity contribution in [1.82, 2.24) is 0 Å². The maximum Gasteiger partial charge on any atom is 0.124 e. The van der Waals surface area contributed by atoms with Crippen molar-refractivity contribution in [1.29, 1.82) is 0 Å². The van der Waals surface area contributed by atoms with E-state index in [9.17, 15) is 4.39 Å². The van der Waals surface area contributed by atoms with Gasteiger partial charge in [-0.05, 0) is 44.0 Å². The van der Waals surface area contributed by atoms with Gasteiger partial charge in [0.15, 0.2) is 0 Å². The van der Waals surface area contributed by atoms with E-state index < -0.39 is 0 Å². The summed E-state index contributed by atoms with van der Waals surface area (Å²) in [6, 6.07) is 4.84. The van der Waals surface area contributed by atoms with Crippen LogP contribution in [0.2, 0.25) is 0 Å². The molecule has 1 aromatic rings. The van der Waals surface area contributed by atoms with Gasteiger partial charge in [0.2, 0.25) is 0 Å². The van der Waals surface area contributed by atoms with Gasteiger partial charge in [-0.15, -0.1) is 0 Å². The summed E-state index contributed by atoms with van der Waals surface area (Å²) in [5.41, 5.74) is 6.45. The van der Waals surface area contributed by atoms with Gasteiger partial charge in [-0.1, -0.05) is 15.9 Å². The van der Waals surface area contributed by atoms with Crippen molar-refractivity contribution in [3.05, 3.63) is 34.1 Å². The second kappa shape index (κ2) is 3.76. The molecule has 1 rings (SSSR count). The second-order valence-electron chi connectivity index (χ2n) is 3.94. The molecule has 0 spiro atoms. The zero-order valence-corrected chi connectivity index (χ0v) is 9.36. The van der Waals surface area contributed by atoms with Crippen molar-refractivity contribution in [3.8, 4) is 0 Å². The molecule has 2 N–H and O–H groups in total. The molecule has 72 valence electrons. The smallest absolute Gasteiger partial charge is 0.124 e. The van der Waals surface area contributed by atoms with Gasteiger partial charge >= 0.3 is 0 Å². The Morgan fingerprint density at radius 1 is 1.38 bits per heavy atom. The Hall–Kier alpha value is -0.410. The van der Waals surface area contributed by atoms with Crippen LogP contribution in [0.1, 0.15) is 19.4 Å². The molecule has 0 unspecified atom stereocenters. The predicted octanol–water partition coefficient (Wildman–Crippen LogP) is 2.87. The van der Waals surface area contributed by atoms with Crippen LogP contribution in [0.3, 0.4) is 0 Å². The van der Waals surface area contributed by atoms with Crippen LogP contribution in [0.4, 0.5) is 4.39 Å². The van der Waals surface area contributed by atoms with Gasteiger partial charge in [0, 0.05) is 10.0 Å². The van der Waals surface area contributed by atoms with Crippen LogP contribution in [0.25, 0.3) is 0 Å². The fraction of sp³-hybridized carbons (Fsp3) is 0.400. The molecular weight excluding hydrogens is 233 g/mol. The van der Waals surface area contributed by atoms with E-state index in [-0.39, 0.29) is 11.4 Å². The van der Waals surface area contributed by atoms with E-state index in [0.717, 1.165) is 10.0 Å². The molecule has 13 heavy (non-hydrogen) atoms. The molecule has 0 aliphatic heterocycles. The summed E-state index contributed by atoms with van der Waals surface area (Å²) < 4.78 is 13.7. The number of halogens is 2. The van der Waals surface area contributed by atoms with Gasteiger partial charge in [0.05, 0.1) is 0 Å². The van der Waals surface area contributed by atoms with Crippen LogP contribution in [0.15, 0.2) is 22.7 Å². The molecule has 3 heteroatoms. The van der Waals surface area contributed by atoms with Gasteiger partial charge in [0.1, 0.15) is 5.82 Å². The summed E-state index contributed by atoms with van der Waals surface area (Å²) in [6.45, 7) is 3.84. The molecule has 0 bridgehead atoms. The van der Waals surface area contributed by atoms with Crippen molar-refractivity contribution in [3.63, 3.8) is 0 Å². The van der Waals surface area contributed by atoms with Gasteiger partial charge in [-0.3, -0.25) is 0 Å². The zero-order valence-electron chi connectivity index (χ0n) is 7.77. The molecule has 0 fully saturated rings. The van der Waals surface area contributed by atoms with Crippen LogP contribution < -0.4 is 5.73 Å². The first kappa shape index (κ1) is 10.7. The van der Waals surface area contributed by atoms with Crippen molar-refractivity contribution in [2.24, 2.45) is 5.73 Å². The number of hydrogen-bond acceptors (Lipinski definition) is 1. The van der Waals surface area contributed by atoms with Crippen molar-refractivity contribution in [2.75, 3.05) is 0 Å². The molecule has 0 aliphatic rings. The van der Waals surface area contributed by atoms with Crippen LogP contribution in [-0.4, -0.2) is 5.54 Å². The number of hydrogen-bond donors (Lipinski definition) is 1. The highest BCUT2D eigenvalue weighted by atomic mass is 79.9. The summed E-state index contributed by atoms with van der Waals surface area (Å²) in [5, 5.41) is 0. The Kier molecular flexibility index (Phi) is 3.09. The van der Waals surface area contributed by atoms with Gasteiger partial charge in [0.25, 0.3) is 0 Å². The molecule has 0 amide bonds. The molecule has 0 aromatic heterocycles. The maximum absolute atomic E-state index is 12.9. The van der Waals surface area contributed by atoms with E-state index in [1.807, 2.05) is 19.9 Å². The topological polar surface area (TPSA) is 26.0 Å². The largest absolute Gasteiger partial charge is 0.325 e. The monoisotopic (exact) mass is 245 g/mol. The van der Waals surface area contributed by atoms with Crippen LogP contribution in [0, 0.1) is 5.82 Å². The Labute approximate surface area is 86.3 Å². The molecule has 0 aliphatic carbocycles. The lowest BCUT2D eigenvalue weighted by atomic mass is 9.96. The highest BCUT2D eigenvalue weighted by Crippen LogP contribution is 2.18. The lowest BCUT2D eigenvalue weighted by Crippen LogP contribution is -2.34. The van der Waals surface area contributed by atoms with E-state index in [0.29, 0.717) is 6.42 Å². The average molecular weight is 246 g/mol. The highest BCUT2D eigenvalue weighted by molar-refractivity contribution is 9.10.